The molecule has 1 aromatic carbocycles. The fraction of sp³-hybridized carbons (Fsp3) is 0.231. The van der Waals surface area contributed by atoms with Crippen molar-refractivity contribution in [3.63, 3.8) is 0 Å². The minimum atomic E-state index is -0.370. The van der Waals surface area contributed by atoms with Crippen molar-refractivity contribution < 1.29 is 4.92 Å². The molecule has 6 nitrogen and oxygen atoms in total. The second kappa shape index (κ2) is 5.87. The summed E-state index contributed by atoms with van der Waals surface area (Å²) in [6.07, 6.45) is 0. The van der Waals surface area contributed by atoms with Gasteiger partial charge in [0.25, 0.3) is 5.69 Å². The lowest BCUT2D eigenvalue weighted by molar-refractivity contribution is -0.385. The molecule has 0 radical (unpaired) electrons. The first-order chi connectivity index (χ1) is 9.47. The molecule has 2 rings (SSSR count). The fourth-order valence-corrected chi connectivity index (χ4v) is 2.77. The molecular weight excluding hydrogens is 276 g/mol. The molecule has 0 saturated carbocycles. The Balaban J connectivity index is 2.19. The third kappa shape index (κ3) is 3.24. The van der Waals surface area contributed by atoms with Gasteiger partial charge in [0.15, 0.2) is 5.16 Å². The predicted molar refractivity (Wildman–Crippen MR) is 78.6 cm³/mol. The van der Waals surface area contributed by atoms with Gasteiger partial charge in [-0.3, -0.25) is 10.1 Å². The molecule has 20 heavy (non-hydrogen) atoms. The molecule has 7 heteroatoms. The highest BCUT2D eigenvalue weighted by Crippen LogP contribution is 2.27. The molecule has 0 aliphatic carbocycles. The van der Waals surface area contributed by atoms with Crippen LogP contribution in [0.1, 0.15) is 16.8 Å². The molecule has 0 saturated heterocycles. The Labute approximate surface area is 120 Å². The molecule has 0 fully saturated rings. The zero-order chi connectivity index (χ0) is 14.7. The van der Waals surface area contributed by atoms with E-state index in [1.165, 1.54) is 17.8 Å². The summed E-state index contributed by atoms with van der Waals surface area (Å²) in [5.74, 6) is 0.993. The van der Waals surface area contributed by atoms with E-state index in [9.17, 15) is 10.1 Å². The summed E-state index contributed by atoms with van der Waals surface area (Å²) in [6.45, 7) is 3.60. The van der Waals surface area contributed by atoms with Crippen LogP contribution in [-0.2, 0) is 5.75 Å². The number of aryl methyl sites for hydroxylation is 1. The first kappa shape index (κ1) is 14.3. The summed E-state index contributed by atoms with van der Waals surface area (Å²) < 4.78 is 0. The van der Waals surface area contributed by atoms with E-state index in [-0.39, 0.29) is 10.6 Å². The largest absolute Gasteiger partial charge is 0.384 e. The van der Waals surface area contributed by atoms with E-state index >= 15 is 0 Å². The number of nitro benzene ring substituents is 1. The SMILES string of the molecule is Cc1cc(N)nc(SCc2cccc([N+](=O)[O-])c2C)n1. The molecule has 0 aliphatic rings. The van der Waals surface area contributed by atoms with E-state index in [0.717, 1.165) is 11.3 Å². The third-order valence-electron chi connectivity index (χ3n) is 2.82. The van der Waals surface area contributed by atoms with Crippen molar-refractivity contribution >= 4 is 23.3 Å². The quantitative estimate of drug-likeness (QED) is 0.402. The zero-order valence-corrected chi connectivity index (χ0v) is 12.0. The number of rotatable bonds is 4. The summed E-state index contributed by atoms with van der Waals surface area (Å²) in [7, 11) is 0. The first-order valence-corrected chi connectivity index (χ1v) is 6.93. The number of hydrogen-bond donors (Lipinski definition) is 1. The fourth-order valence-electron chi connectivity index (χ4n) is 1.80. The van der Waals surface area contributed by atoms with Crippen molar-refractivity contribution in [3.05, 3.63) is 51.2 Å². The van der Waals surface area contributed by atoms with Crippen molar-refractivity contribution in [2.45, 2.75) is 24.8 Å². The van der Waals surface area contributed by atoms with Gasteiger partial charge in [-0.1, -0.05) is 23.9 Å². The smallest absolute Gasteiger partial charge is 0.272 e. The van der Waals surface area contributed by atoms with E-state index < -0.39 is 0 Å². The topological polar surface area (TPSA) is 94.9 Å². The van der Waals surface area contributed by atoms with Crippen molar-refractivity contribution in [3.8, 4) is 0 Å². The van der Waals surface area contributed by atoms with Crippen LogP contribution in [0.2, 0.25) is 0 Å². The second-order valence-corrected chi connectivity index (χ2v) is 5.27. The minimum absolute atomic E-state index is 0.132. The van der Waals surface area contributed by atoms with Gasteiger partial charge in [0.1, 0.15) is 5.82 Å². The maximum atomic E-state index is 10.9. The first-order valence-electron chi connectivity index (χ1n) is 5.94. The van der Waals surface area contributed by atoms with Gasteiger partial charge < -0.3 is 5.73 Å². The Morgan fingerprint density at radius 1 is 1.35 bits per heavy atom. The molecule has 104 valence electrons. The lowest BCUT2D eigenvalue weighted by Crippen LogP contribution is -1.98. The van der Waals surface area contributed by atoms with Crippen LogP contribution < -0.4 is 5.73 Å². The van der Waals surface area contributed by atoms with Gasteiger partial charge in [0.05, 0.1) is 4.92 Å². The van der Waals surface area contributed by atoms with Crippen LogP contribution in [0.3, 0.4) is 0 Å². The zero-order valence-electron chi connectivity index (χ0n) is 11.2. The van der Waals surface area contributed by atoms with E-state index in [1.807, 2.05) is 13.0 Å². The number of hydrogen-bond acceptors (Lipinski definition) is 6. The van der Waals surface area contributed by atoms with E-state index in [2.05, 4.69) is 9.97 Å². The summed E-state index contributed by atoms with van der Waals surface area (Å²) in [5, 5.41) is 11.5. The summed E-state index contributed by atoms with van der Waals surface area (Å²) in [5.41, 5.74) is 8.17. The second-order valence-electron chi connectivity index (χ2n) is 4.32. The number of benzene rings is 1. The molecule has 0 spiro atoms. The molecule has 0 atom stereocenters. The Bertz CT molecular complexity index is 641. The number of nitrogens with zero attached hydrogens (tertiary/aromatic N) is 3. The number of thioether (sulfide) groups is 1. The molecule has 0 unspecified atom stereocenters. The maximum absolute atomic E-state index is 10.9. The molecule has 0 aliphatic heterocycles. The average molecular weight is 290 g/mol. The van der Waals surface area contributed by atoms with Gasteiger partial charge in [0, 0.05) is 29.1 Å². The van der Waals surface area contributed by atoms with Crippen molar-refractivity contribution in [1.82, 2.24) is 9.97 Å². The highest BCUT2D eigenvalue weighted by Gasteiger charge is 2.13. The van der Waals surface area contributed by atoms with Crippen molar-refractivity contribution in [2.75, 3.05) is 5.73 Å². The van der Waals surface area contributed by atoms with Crippen LogP contribution >= 0.6 is 11.8 Å². The Morgan fingerprint density at radius 3 is 2.75 bits per heavy atom. The van der Waals surface area contributed by atoms with Crippen LogP contribution in [0.15, 0.2) is 29.4 Å². The van der Waals surface area contributed by atoms with Gasteiger partial charge in [-0.05, 0) is 19.4 Å². The van der Waals surface area contributed by atoms with Gasteiger partial charge in [-0.15, -0.1) is 0 Å². The normalized spacial score (nSPS) is 10.5. The maximum Gasteiger partial charge on any atom is 0.272 e. The van der Waals surface area contributed by atoms with Crippen molar-refractivity contribution in [2.24, 2.45) is 0 Å². The monoisotopic (exact) mass is 290 g/mol. The highest BCUT2D eigenvalue weighted by molar-refractivity contribution is 7.98. The Kier molecular flexibility index (Phi) is 4.19. The van der Waals surface area contributed by atoms with Gasteiger partial charge in [-0.25, -0.2) is 9.97 Å². The van der Waals surface area contributed by atoms with Crippen LogP contribution in [0.25, 0.3) is 0 Å². The predicted octanol–water partition coefficient (Wildman–Crippen LogP) is 2.88. The van der Waals surface area contributed by atoms with E-state index in [4.69, 9.17) is 5.73 Å². The van der Waals surface area contributed by atoms with E-state index in [1.54, 1.807) is 19.1 Å². The number of anilines is 1. The van der Waals surface area contributed by atoms with Gasteiger partial charge >= 0.3 is 0 Å². The highest BCUT2D eigenvalue weighted by atomic mass is 32.2. The standard InChI is InChI=1S/C13H14N4O2S/c1-8-6-12(14)16-13(15-8)20-7-10-4-3-5-11(9(10)2)17(18)19/h3-6H,7H2,1-2H3,(H2,14,15,16). The summed E-state index contributed by atoms with van der Waals surface area (Å²) in [6, 6.07) is 6.76. The van der Waals surface area contributed by atoms with Crippen LogP contribution in [0.5, 0.6) is 0 Å². The lowest BCUT2D eigenvalue weighted by atomic mass is 10.1. The lowest BCUT2D eigenvalue weighted by Gasteiger charge is -2.06. The molecule has 0 bridgehead atoms. The summed E-state index contributed by atoms with van der Waals surface area (Å²) >= 11 is 1.41. The number of aromatic nitrogens is 2. The van der Waals surface area contributed by atoms with Crippen LogP contribution in [0.4, 0.5) is 11.5 Å². The van der Waals surface area contributed by atoms with Gasteiger partial charge in [-0.2, -0.15) is 0 Å². The third-order valence-corrected chi connectivity index (χ3v) is 3.72. The summed E-state index contributed by atoms with van der Waals surface area (Å²) in [4.78, 5) is 18.9. The molecule has 1 heterocycles. The molecular formula is C13H14N4O2S. The number of nitro groups is 1. The van der Waals surface area contributed by atoms with Gasteiger partial charge in [0.2, 0.25) is 0 Å². The van der Waals surface area contributed by atoms with Crippen LogP contribution in [-0.4, -0.2) is 14.9 Å². The Morgan fingerprint density at radius 2 is 2.10 bits per heavy atom. The van der Waals surface area contributed by atoms with Crippen LogP contribution in [0, 0.1) is 24.0 Å². The number of nitrogen functional groups attached to an aromatic ring is 1. The molecule has 0 amide bonds. The Hall–Kier alpha value is -2.15. The number of nitrogens with two attached hydrogens (primary N) is 1. The van der Waals surface area contributed by atoms with E-state index in [0.29, 0.717) is 22.3 Å². The molecule has 2 aromatic rings. The molecule has 2 N–H and O–H groups in total. The van der Waals surface area contributed by atoms with Crippen molar-refractivity contribution in [1.29, 1.82) is 0 Å². The molecule has 1 aromatic heterocycles. The average Bonchev–Trinajstić information content (AvgIpc) is 2.36. The minimum Gasteiger partial charge on any atom is -0.384 e.